The van der Waals surface area contributed by atoms with Crippen LogP contribution in [0.5, 0.6) is 5.75 Å². The van der Waals surface area contributed by atoms with Crippen LogP contribution in [0.3, 0.4) is 0 Å². The molecule has 3 heteroatoms. The van der Waals surface area contributed by atoms with Crippen molar-refractivity contribution in [1.29, 1.82) is 0 Å². The van der Waals surface area contributed by atoms with E-state index in [9.17, 15) is 0 Å². The monoisotopic (exact) mass is 240 g/mol. The molecule has 0 bridgehead atoms. The first-order valence-corrected chi connectivity index (χ1v) is 5.82. The molecule has 0 saturated heterocycles. The zero-order chi connectivity index (χ0) is 13.0. The molecule has 0 radical (unpaired) electrons. The highest BCUT2D eigenvalue weighted by Gasteiger charge is 2.03. The van der Waals surface area contributed by atoms with E-state index >= 15 is 0 Å². The zero-order valence-electron chi connectivity index (χ0n) is 10.8. The van der Waals surface area contributed by atoms with Crippen LogP contribution in [0.25, 0.3) is 0 Å². The highest BCUT2D eigenvalue weighted by molar-refractivity contribution is 5.98. The minimum absolute atomic E-state index is 0.768. The Balaban J connectivity index is 2.35. The Morgan fingerprint density at radius 2 is 1.94 bits per heavy atom. The standard InChI is InChI=1S/C15H16N2O/c1-11-8-9-13(16-10-11)12(2)17-14-6-4-5-7-15(14)18-3/h4-10H,1-3H3. The molecule has 2 aromatic rings. The van der Waals surface area contributed by atoms with Gasteiger partial charge in [0.1, 0.15) is 11.4 Å². The van der Waals surface area contributed by atoms with Gasteiger partial charge in [0.15, 0.2) is 0 Å². The molecule has 0 aliphatic rings. The molecular formula is C15H16N2O. The molecule has 0 aliphatic heterocycles. The Kier molecular flexibility index (Phi) is 3.72. The van der Waals surface area contributed by atoms with Crippen LogP contribution in [0.4, 0.5) is 5.69 Å². The summed E-state index contributed by atoms with van der Waals surface area (Å²) in [4.78, 5) is 8.92. The van der Waals surface area contributed by atoms with Crippen molar-refractivity contribution in [3.05, 3.63) is 53.9 Å². The predicted octanol–water partition coefficient (Wildman–Crippen LogP) is 3.54. The average Bonchev–Trinajstić information content (AvgIpc) is 2.40. The highest BCUT2D eigenvalue weighted by Crippen LogP contribution is 2.26. The zero-order valence-corrected chi connectivity index (χ0v) is 10.8. The van der Waals surface area contributed by atoms with E-state index in [4.69, 9.17) is 4.74 Å². The Hall–Kier alpha value is -2.16. The summed E-state index contributed by atoms with van der Waals surface area (Å²) < 4.78 is 5.27. The van der Waals surface area contributed by atoms with Gasteiger partial charge >= 0.3 is 0 Å². The van der Waals surface area contributed by atoms with E-state index in [1.54, 1.807) is 7.11 Å². The minimum Gasteiger partial charge on any atom is -0.494 e. The fourth-order valence-electron chi connectivity index (χ4n) is 1.64. The lowest BCUT2D eigenvalue weighted by molar-refractivity contribution is 0.416. The smallest absolute Gasteiger partial charge is 0.144 e. The van der Waals surface area contributed by atoms with Gasteiger partial charge in [-0.15, -0.1) is 0 Å². The van der Waals surface area contributed by atoms with Gasteiger partial charge in [-0.2, -0.15) is 0 Å². The second-order valence-electron chi connectivity index (χ2n) is 4.09. The second-order valence-corrected chi connectivity index (χ2v) is 4.09. The van der Waals surface area contributed by atoms with Gasteiger partial charge in [0, 0.05) is 6.20 Å². The Morgan fingerprint density at radius 1 is 1.17 bits per heavy atom. The normalized spacial score (nSPS) is 11.4. The predicted molar refractivity (Wildman–Crippen MR) is 73.8 cm³/mol. The van der Waals surface area contributed by atoms with E-state index in [0.29, 0.717) is 0 Å². The summed E-state index contributed by atoms with van der Waals surface area (Å²) in [6.45, 7) is 3.97. The van der Waals surface area contributed by atoms with Crippen molar-refractivity contribution >= 4 is 11.4 Å². The first-order valence-electron chi connectivity index (χ1n) is 5.82. The molecule has 3 nitrogen and oxygen atoms in total. The second kappa shape index (κ2) is 5.45. The van der Waals surface area contributed by atoms with Gasteiger partial charge in [-0.1, -0.05) is 18.2 Å². The number of hydrogen-bond acceptors (Lipinski definition) is 3. The molecule has 92 valence electrons. The van der Waals surface area contributed by atoms with Crippen LogP contribution in [-0.2, 0) is 0 Å². The largest absolute Gasteiger partial charge is 0.494 e. The van der Waals surface area contributed by atoms with Crippen LogP contribution in [0.1, 0.15) is 18.2 Å². The Morgan fingerprint density at radius 3 is 2.61 bits per heavy atom. The van der Waals surface area contributed by atoms with Crippen LogP contribution >= 0.6 is 0 Å². The molecule has 0 amide bonds. The van der Waals surface area contributed by atoms with Crippen molar-refractivity contribution in [2.24, 2.45) is 4.99 Å². The van der Waals surface area contributed by atoms with Crippen molar-refractivity contribution in [3.63, 3.8) is 0 Å². The third-order valence-corrected chi connectivity index (χ3v) is 2.66. The lowest BCUT2D eigenvalue weighted by atomic mass is 10.2. The number of para-hydroxylation sites is 2. The first-order chi connectivity index (χ1) is 8.70. The molecule has 0 saturated carbocycles. The third kappa shape index (κ3) is 2.74. The molecule has 0 spiro atoms. The maximum absolute atomic E-state index is 5.27. The number of aryl methyl sites for hydroxylation is 1. The molecule has 2 rings (SSSR count). The van der Waals surface area contributed by atoms with E-state index in [0.717, 1.165) is 28.4 Å². The number of benzene rings is 1. The highest BCUT2D eigenvalue weighted by atomic mass is 16.5. The van der Waals surface area contributed by atoms with Crippen LogP contribution < -0.4 is 4.74 Å². The number of nitrogens with zero attached hydrogens (tertiary/aromatic N) is 2. The SMILES string of the molecule is COc1ccccc1N=C(C)c1ccc(C)cn1. The van der Waals surface area contributed by atoms with Crippen LogP contribution in [0.2, 0.25) is 0 Å². The maximum Gasteiger partial charge on any atom is 0.144 e. The summed E-state index contributed by atoms with van der Waals surface area (Å²) in [5.74, 6) is 0.768. The van der Waals surface area contributed by atoms with Crippen LogP contribution in [-0.4, -0.2) is 17.8 Å². The van der Waals surface area contributed by atoms with E-state index < -0.39 is 0 Å². The molecule has 0 aliphatic carbocycles. The van der Waals surface area contributed by atoms with E-state index in [-0.39, 0.29) is 0 Å². The van der Waals surface area contributed by atoms with Crippen LogP contribution in [0.15, 0.2) is 47.6 Å². The summed E-state index contributed by atoms with van der Waals surface area (Å²) in [5.41, 5.74) is 3.72. The van der Waals surface area contributed by atoms with Gasteiger partial charge in [-0.25, -0.2) is 4.99 Å². The fraction of sp³-hybridized carbons (Fsp3) is 0.200. The topological polar surface area (TPSA) is 34.5 Å². The summed E-state index contributed by atoms with van der Waals surface area (Å²) in [6.07, 6.45) is 1.84. The quantitative estimate of drug-likeness (QED) is 0.769. The number of hydrogen-bond donors (Lipinski definition) is 0. The van der Waals surface area contributed by atoms with Crippen molar-refractivity contribution in [2.45, 2.75) is 13.8 Å². The molecular weight excluding hydrogens is 224 g/mol. The van der Waals surface area contributed by atoms with E-state index in [1.807, 2.05) is 56.4 Å². The lowest BCUT2D eigenvalue weighted by Gasteiger charge is -2.05. The molecule has 18 heavy (non-hydrogen) atoms. The number of aliphatic imine (C=N–C) groups is 1. The van der Waals surface area contributed by atoms with Gasteiger partial charge < -0.3 is 4.74 Å². The first kappa shape index (κ1) is 12.3. The van der Waals surface area contributed by atoms with Gasteiger partial charge in [0.2, 0.25) is 0 Å². The Bertz CT molecular complexity index is 559. The molecule has 0 N–H and O–H groups in total. The van der Waals surface area contributed by atoms with E-state index in [2.05, 4.69) is 9.98 Å². The molecule has 1 aromatic carbocycles. The molecule has 0 atom stereocenters. The van der Waals surface area contributed by atoms with Crippen molar-refractivity contribution in [2.75, 3.05) is 7.11 Å². The minimum atomic E-state index is 0.768. The number of rotatable bonds is 3. The molecule has 1 aromatic heterocycles. The number of aromatic nitrogens is 1. The maximum atomic E-state index is 5.27. The van der Waals surface area contributed by atoms with Crippen LogP contribution in [0, 0.1) is 6.92 Å². The molecule has 0 fully saturated rings. The van der Waals surface area contributed by atoms with Crippen molar-refractivity contribution in [1.82, 2.24) is 4.98 Å². The van der Waals surface area contributed by atoms with E-state index in [1.165, 1.54) is 0 Å². The number of pyridine rings is 1. The average molecular weight is 240 g/mol. The van der Waals surface area contributed by atoms with Gasteiger partial charge in [-0.05, 0) is 37.6 Å². The van der Waals surface area contributed by atoms with Crippen molar-refractivity contribution in [3.8, 4) is 5.75 Å². The molecule has 1 heterocycles. The van der Waals surface area contributed by atoms with Gasteiger partial charge in [0.25, 0.3) is 0 Å². The van der Waals surface area contributed by atoms with Gasteiger partial charge in [0.05, 0.1) is 18.5 Å². The fourth-order valence-corrected chi connectivity index (χ4v) is 1.64. The molecule has 0 unspecified atom stereocenters. The van der Waals surface area contributed by atoms with Gasteiger partial charge in [-0.3, -0.25) is 4.98 Å². The summed E-state index contributed by atoms with van der Waals surface area (Å²) in [6, 6.07) is 11.7. The number of ether oxygens (including phenoxy) is 1. The summed E-state index contributed by atoms with van der Waals surface area (Å²) in [5, 5.41) is 0. The third-order valence-electron chi connectivity index (χ3n) is 2.66. The summed E-state index contributed by atoms with van der Waals surface area (Å²) >= 11 is 0. The summed E-state index contributed by atoms with van der Waals surface area (Å²) in [7, 11) is 1.65. The number of methoxy groups -OCH3 is 1. The lowest BCUT2D eigenvalue weighted by Crippen LogP contribution is -1.98. The van der Waals surface area contributed by atoms with Crippen molar-refractivity contribution < 1.29 is 4.74 Å². The Labute approximate surface area is 107 Å².